The maximum atomic E-state index is 13.2. The highest BCUT2D eigenvalue weighted by atomic mass is 35.5. The maximum absolute atomic E-state index is 13.2. The van der Waals surface area contributed by atoms with E-state index in [9.17, 15) is 14.0 Å². The summed E-state index contributed by atoms with van der Waals surface area (Å²) in [5, 5.41) is 0.828. The average Bonchev–Trinajstić information content (AvgIpc) is 2.89. The minimum Gasteiger partial charge on any atom is -0.267 e. The van der Waals surface area contributed by atoms with Crippen molar-refractivity contribution < 1.29 is 14.0 Å². The number of amides is 2. The van der Waals surface area contributed by atoms with Crippen molar-refractivity contribution in [3.8, 4) is 0 Å². The highest BCUT2D eigenvalue weighted by Crippen LogP contribution is 2.35. The molecule has 0 radical (unpaired) electrons. The van der Waals surface area contributed by atoms with Crippen LogP contribution >= 0.6 is 22.9 Å². The number of carbonyl (C=O) groups excluding carboxylic acids is 2. The molecule has 23 heavy (non-hydrogen) atoms. The van der Waals surface area contributed by atoms with E-state index in [0.717, 1.165) is 11.3 Å². The lowest BCUT2D eigenvalue weighted by Crippen LogP contribution is -2.41. The number of thiophene rings is 1. The Kier molecular flexibility index (Phi) is 4.27. The van der Waals surface area contributed by atoms with Crippen molar-refractivity contribution in [3.63, 3.8) is 0 Å². The molecule has 0 atom stereocenters. The highest BCUT2D eigenvalue weighted by Gasteiger charge is 2.18. The monoisotopic (exact) mass is 348 g/mol. The molecular formula is C16H10ClFN2O2S. The van der Waals surface area contributed by atoms with Crippen molar-refractivity contribution >= 4 is 44.8 Å². The van der Waals surface area contributed by atoms with Crippen LogP contribution in [0.4, 0.5) is 4.39 Å². The SMILES string of the molecule is O=C(NNC(=O)c1sc2cc(F)ccc2c1Cl)c1ccccc1. The van der Waals surface area contributed by atoms with Crippen LogP contribution in [0.3, 0.4) is 0 Å². The average molecular weight is 349 g/mol. The number of halogens is 2. The number of carbonyl (C=O) groups is 2. The van der Waals surface area contributed by atoms with E-state index in [1.54, 1.807) is 30.3 Å². The summed E-state index contributed by atoms with van der Waals surface area (Å²) in [6, 6.07) is 12.6. The molecule has 7 heteroatoms. The Morgan fingerprint density at radius 1 is 1.00 bits per heavy atom. The van der Waals surface area contributed by atoms with Gasteiger partial charge < -0.3 is 0 Å². The zero-order valence-corrected chi connectivity index (χ0v) is 13.2. The zero-order chi connectivity index (χ0) is 16.4. The fraction of sp³-hybridized carbons (Fsp3) is 0. The molecule has 1 heterocycles. The Hall–Kier alpha value is -2.44. The molecule has 2 amide bonds. The summed E-state index contributed by atoms with van der Waals surface area (Å²) < 4.78 is 13.8. The van der Waals surface area contributed by atoms with Crippen LogP contribution in [0.1, 0.15) is 20.0 Å². The summed E-state index contributed by atoms with van der Waals surface area (Å²) in [5.41, 5.74) is 5.04. The summed E-state index contributed by atoms with van der Waals surface area (Å²) >= 11 is 7.21. The van der Waals surface area contributed by atoms with E-state index in [-0.39, 0.29) is 9.90 Å². The summed E-state index contributed by atoms with van der Waals surface area (Å²) in [7, 11) is 0. The molecule has 0 saturated heterocycles. The number of fused-ring (bicyclic) bond motifs is 1. The molecule has 2 aromatic carbocycles. The second-order valence-electron chi connectivity index (χ2n) is 4.66. The third kappa shape index (κ3) is 3.18. The van der Waals surface area contributed by atoms with Crippen LogP contribution in [-0.4, -0.2) is 11.8 Å². The van der Waals surface area contributed by atoms with Crippen LogP contribution in [-0.2, 0) is 0 Å². The Bertz CT molecular complexity index is 896. The molecule has 3 rings (SSSR count). The number of nitrogens with one attached hydrogen (secondary N) is 2. The smallest absolute Gasteiger partial charge is 0.267 e. The van der Waals surface area contributed by atoms with Gasteiger partial charge in [0.1, 0.15) is 10.7 Å². The predicted molar refractivity (Wildman–Crippen MR) is 88.2 cm³/mol. The molecule has 0 saturated carbocycles. The molecule has 116 valence electrons. The molecule has 0 aliphatic carbocycles. The van der Waals surface area contributed by atoms with Gasteiger partial charge in [0.05, 0.1) is 5.02 Å². The number of hydrazine groups is 1. The van der Waals surface area contributed by atoms with E-state index in [2.05, 4.69) is 10.9 Å². The fourth-order valence-corrected chi connectivity index (χ4v) is 3.45. The van der Waals surface area contributed by atoms with E-state index < -0.39 is 17.6 Å². The van der Waals surface area contributed by atoms with Gasteiger partial charge in [0, 0.05) is 15.6 Å². The first-order valence-corrected chi connectivity index (χ1v) is 7.79. The summed E-state index contributed by atoms with van der Waals surface area (Å²) in [6.45, 7) is 0. The van der Waals surface area contributed by atoms with E-state index in [1.165, 1.54) is 18.2 Å². The zero-order valence-electron chi connectivity index (χ0n) is 11.6. The number of hydrogen-bond donors (Lipinski definition) is 2. The van der Waals surface area contributed by atoms with Gasteiger partial charge in [0.25, 0.3) is 11.8 Å². The third-order valence-electron chi connectivity index (χ3n) is 3.12. The molecule has 0 aliphatic heterocycles. The van der Waals surface area contributed by atoms with Crippen molar-refractivity contribution in [1.82, 2.24) is 10.9 Å². The maximum Gasteiger partial charge on any atom is 0.281 e. The Morgan fingerprint density at radius 3 is 2.43 bits per heavy atom. The summed E-state index contributed by atoms with van der Waals surface area (Å²) in [4.78, 5) is 24.2. The summed E-state index contributed by atoms with van der Waals surface area (Å²) in [6.07, 6.45) is 0. The Balaban J connectivity index is 1.76. The van der Waals surface area contributed by atoms with E-state index >= 15 is 0 Å². The van der Waals surface area contributed by atoms with Gasteiger partial charge in [-0.3, -0.25) is 20.4 Å². The van der Waals surface area contributed by atoms with Crippen LogP contribution in [0.25, 0.3) is 10.1 Å². The fourth-order valence-electron chi connectivity index (χ4n) is 2.02. The lowest BCUT2D eigenvalue weighted by molar-refractivity contribution is 0.0849. The van der Waals surface area contributed by atoms with Gasteiger partial charge >= 0.3 is 0 Å². The minimum atomic E-state index is -0.555. The van der Waals surface area contributed by atoms with Crippen molar-refractivity contribution in [2.24, 2.45) is 0 Å². The molecule has 1 aromatic heterocycles. The molecule has 0 bridgehead atoms. The lowest BCUT2D eigenvalue weighted by atomic mass is 10.2. The van der Waals surface area contributed by atoms with Crippen molar-refractivity contribution in [2.75, 3.05) is 0 Å². The van der Waals surface area contributed by atoms with Gasteiger partial charge in [0.15, 0.2) is 0 Å². The van der Waals surface area contributed by atoms with Crippen molar-refractivity contribution in [1.29, 1.82) is 0 Å². The van der Waals surface area contributed by atoms with Gasteiger partial charge in [-0.25, -0.2) is 4.39 Å². The predicted octanol–water partition coefficient (Wildman–Crippen LogP) is 3.77. The lowest BCUT2D eigenvalue weighted by Gasteiger charge is -2.06. The van der Waals surface area contributed by atoms with E-state index in [1.807, 2.05) is 0 Å². The molecule has 0 unspecified atom stereocenters. The molecule has 4 nitrogen and oxygen atoms in total. The molecular weight excluding hydrogens is 339 g/mol. The van der Waals surface area contributed by atoms with Gasteiger partial charge in [-0.1, -0.05) is 29.8 Å². The van der Waals surface area contributed by atoms with Crippen molar-refractivity contribution in [3.05, 3.63) is 69.8 Å². The van der Waals surface area contributed by atoms with Crippen LogP contribution < -0.4 is 10.9 Å². The van der Waals surface area contributed by atoms with E-state index in [0.29, 0.717) is 15.6 Å². The second-order valence-corrected chi connectivity index (χ2v) is 6.09. The van der Waals surface area contributed by atoms with Crippen molar-refractivity contribution in [2.45, 2.75) is 0 Å². The van der Waals surface area contributed by atoms with Gasteiger partial charge in [-0.15, -0.1) is 11.3 Å². The number of hydrogen-bond acceptors (Lipinski definition) is 3. The topological polar surface area (TPSA) is 58.2 Å². The summed E-state index contributed by atoms with van der Waals surface area (Å²) in [5.74, 6) is -1.40. The highest BCUT2D eigenvalue weighted by molar-refractivity contribution is 7.21. The number of rotatable bonds is 2. The van der Waals surface area contributed by atoms with Gasteiger partial charge in [0.2, 0.25) is 0 Å². The first-order chi connectivity index (χ1) is 11.1. The Morgan fingerprint density at radius 2 is 1.70 bits per heavy atom. The van der Waals surface area contributed by atoms with Gasteiger partial charge in [-0.2, -0.15) is 0 Å². The van der Waals surface area contributed by atoms with Gasteiger partial charge in [-0.05, 0) is 30.3 Å². The molecule has 3 aromatic rings. The first kappa shape index (κ1) is 15.5. The minimum absolute atomic E-state index is 0.209. The first-order valence-electron chi connectivity index (χ1n) is 6.59. The van der Waals surface area contributed by atoms with Crippen LogP contribution in [0.15, 0.2) is 48.5 Å². The number of benzene rings is 2. The molecule has 0 aliphatic rings. The standard InChI is InChI=1S/C16H10ClFN2O2S/c17-13-11-7-6-10(18)8-12(11)23-14(13)16(22)20-19-15(21)9-4-2-1-3-5-9/h1-8H,(H,19,21)(H,20,22). The second kappa shape index (κ2) is 6.36. The molecule has 0 spiro atoms. The van der Waals surface area contributed by atoms with Crippen LogP contribution in [0.2, 0.25) is 5.02 Å². The molecule has 0 fully saturated rings. The quantitative estimate of drug-likeness (QED) is 0.693. The largest absolute Gasteiger partial charge is 0.281 e. The van der Waals surface area contributed by atoms with Crippen LogP contribution in [0, 0.1) is 5.82 Å². The van der Waals surface area contributed by atoms with E-state index in [4.69, 9.17) is 11.6 Å². The third-order valence-corrected chi connectivity index (χ3v) is 4.78. The Labute approximate surface area is 139 Å². The normalized spacial score (nSPS) is 10.5. The molecule has 2 N–H and O–H groups in total. The van der Waals surface area contributed by atoms with Crippen LogP contribution in [0.5, 0.6) is 0 Å².